The minimum Gasteiger partial charge on any atom is -0.447 e. The van der Waals surface area contributed by atoms with Crippen LogP contribution in [-0.2, 0) is 0 Å². The van der Waals surface area contributed by atoms with E-state index >= 15 is 0 Å². The van der Waals surface area contributed by atoms with E-state index in [2.05, 4.69) is 0 Å². The molecule has 0 bridgehead atoms. The van der Waals surface area contributed by atoms with Crippen molar-refractivity contribution in [2.24, 2.45) is 0 Å². The first-order valence-corrected chi connectivity index (χ1v) is 6.29. The SMILES string of the molecule is Cc1cccc(Oc2ccc(C(C)O)cc2[N+](=O)[O-])c1F. The number of aliphatic hydroxyl groups excluding tert-OH is 1. The molecule has 0 aromatic heterocycles. The molecule has 0 radical (unpaired) electrons. The fraction of sp³-hybridized carbons (Fsp3) is 0.200. The summed E-state index contributed by atoms with van der Waals surface area (Å²) in [6.07, 6.45) is -0.839. The highest BCUT2D eigenvalue weighted by Gasteiger charge is 2.19. The molecule has 0 amide bonds. The Labute approximate surface area is 120 Å². The van der Waals surface area contributed by atoms with E-state index in [0.29, 0.717) is 11.1 Å². The van der Waals surface area contributed by atoms with Gasteiger partial charge in [-0.05, 0) is 37.1 Å². The molecule has 1 atom stereocenters. The van der Waals surface area contributed by atoms with E-state index in [0.717, 1.165) is 0 Å². The molecule has 21 heavy (non-hydrogen) atoms. The van der Waals surface area contributed by atoms with Crippen LogP contribution >= 0.6 is 0 Å². The Bertz CT molecular complexity index is 685. The van der Waals surface area contributed by atoms with E-state index < -0.39 is 16.8 Å². The maximum Gasteiger partial charge on any atom is 0.311 e. The zero-order valence-electron chi connectivity index (χ0n) is 11.5. The summed E-state index contributed by atoms with van der Waals surface area (Å²) in [6.45, 7) is 3.08. The fourth-order valence-corrected chi connectivity index (χ4v) is 1.84. The molecule has 0 fully saturated rings. The summed E-state index contributed by atoms with van der Waals surface area (Å²) in [7, 11) is 0. The number of halogens is 1. The summed E-state index contributed by atoms with van der Waals surface area (Å²) >= 11 is 0. The van der Waals surface area contributed by atoms with Crippen molar-refractivity contribution in [3.63, 3.8) is 0 Å². The van der Waals surface area contributed by atoms with Gasteiger partial charge in [0, 0.05) is 6.07 Å². The summed E-state index contributed by atoms with van der Waals surface area (Å²) in [5, 5.41) is 20.6. The normalized spacial score (nSPS) is 12.0. The third kappa shape index (κ3) is 3.17. The van der Waals surface area contributed by atoms with Crippen LogP contribution in [-0.4, -0.2) is 10.0 Å². The molecule has 0 saturated heterocycles. The Morgan fingerprint density at radius 3 is 2.62 bits per heavy atom. The highest BCUT2D eigenvalue weighted by Crippen LogP contribution is 2.35. The lowest BCUT2D eigenvalue weighted by Gasteiger charge is -2.10. The number of nitro groups is 1. The van der Waals surface area contributed by atoms with Crippen LogP contribution in [0.3, 0.4) is 0 Å². The number of ether oxygens (including phenoxy) is 1. The van der Waals surface area contributed by atoms with E-state index in [-0.39, 0.29) is 17.2 Å². The first-order chi connectivity index (χ1) is 9.90. The number of nitrogens with zero attached hydrogens (tertiary/aromatic N) is 1. The van der Waals surface area contributed by atoms with E-state index in [9.17, 15) is 19.6 Å². The molecule has 1 unspecified atom stereocenters. The number of benzene rings is 2. The number of hydrogen-bond acceptors (Lipinski definition) is 4. The van der Waals surface area contributed by atoms with Crippen molar-refractivity contribution in [3.8, 4) is 11.5 Å². The van der Waals surface area contributed by atoms with Gasteiger partial charge in [0.05, 0.1) is 11.0 Å². The quantitative estimate of drug-likeness (QED) is 0.685. The second kappa shape index (κ2) is 5.88. The molecule has 0 aliphatic heterocycles. The van der Waals surface area contributed by atoms with Crippen molar-refractivity contribution < 1.29 is 19.2 Å². The van der Waals surface area contributed by atoms with Crippen molar-refractivity contribution in [2.75, 3.05) is 0 Å². The number of aliphatic hydroxyl groups is 1. The van der Waals surface area contributed by atoms with Crippen molar-refractivity contribution in [1.82, 2.24) is 0 Å². The number of aryl methyl sites for hydroxylation is 1. The van der Waals surface area contributed by atoms with Crippen LogP contribution in [0.2, 0.25) is 0 Å². The highest BCUT2D eigenvalue weighted by atomic mass is 19.1. The molecule has 0 aliphatic rings. The van der Waals surface area contributed by atoms with Gasteiger partial charge in [-0.25, -0.2) is 4.39 Å². The predicted molar refractivity (Wildman–Crippen MR) is 74.9 cm³/mol. The zero-order chi connectivity index (χ0) is 15.6. The van der Waals surface area contributed by atoms with Gasteiger partial charge in [-0.1, -0.05) is 18.2 Å². The van der Waals surface area contributed by atoms with Crippen LogP contribution < -0.4 is 4.74 Å². The molecule has 6 heteroatoms. The number of hydrogen-bond donors (Lipinski definition) is 1. The fourth-order valence-electron chi connectivity index (χ4n) is 1.84. The zero-order valence-corrected chi connectivity index (χ0v) is 11.5. The maximum absolute atomic E-state index is 13.9. The minimum absolute atomic E-state index is 0.0751. The van der Waals surface area contributed by atoms with Gasteiger partial charge < -0.3 is 9.84 Å². The van der Waals surface area contributed by atoms with Gasteiger partial charge >= 0.3 is 5.69 Å². The van der Waals surface area contributed by atoms with Gasteiger partial charge in [0.1, 0.15) is 0 Å². The van der Waals surface area contributed by atoms with Crippen molar-refractivity contribution >= 4 is 5.69 Å². The molecule has 1 N–H and O–H groups in total. The summed E-state index contributed by atoms with van der Waals surface area (Å²) in [5.41, 5.74) is 0.448. The molecule has 0 aliphatic carbocycles. The molecule has 5 nitrogen and oxygen atoms in total. The van der Waals surface area contributed by atoms with Gasteiger partial charge in [0.25, 0.3) is 0 Å². The molecule has 0 saturated carbocycles. The van der Waals surface area contributed by atoms with Gasteiger partial charge in [-0.15, -0.1) is 0 Å². The van der Waals surface area contributed by atoms with Gasteiger partial charge in [-0.3, -0.25) is 10.1 Å². The lowest BCUT2D eigenvalue weighted by atomic mass is 10.1. The van der Waals surface area contributed by atoms with Crippen LogP contribution in [0.15, 0.2) is 36.4 Å². The van der Waals surface area contributed by atoms with E-state index in [4.69, 9.17) is 4.74 Å². The molecule has 2 rings (SSSR count). The molecular weight excluding hydrogens is 277 g/mol. The summed E-state index contributed by atoms with van der Waals surface area (Å²) in [4.78, 5) is 10.5. The van der Waals surface area contributed by atoms with Gasteiger partial charge in [0.2, 0.25) is 5.75 Å². The van der Waals surface area contributed by atoms with Crippen LogP contribution in [0.25, 0.3) is 0 Å². The standard InChI is InChI=1S/C15H14FNO4/c1-9-4-3-5-14(15(9)16)21-13-7-6-11(10(2)18)8-12(13)17(19)20/h3-8,10,18H,1-2H3. The summed E-state index contributed by atoms with van der Waals surface area (Å²) in [6, 6.07) is 8.64. The maximum atomic E-state index is 13.9. The average Bonchev–Trinajstić information content (AvgIpc) is 2.43. The Balaban J connectivity index is 2.44. The second-order valence-corrected chi connectivity index (χ2v) is 4.65. The third-order valence-electron chi connectivity index (χ3n) is 3.04. The van der Waals surface area contributed by atoms with Crippen molar-refractivity contribution in [1.29, 1.82) is 0 Å². The van der Waals surface area contributed by atoms with E-state index in [1.54, 1.807) is 19.1 Å². The van der Waals surface area contributed by atoms with Crippen LogP contribution in [0.4, 0.5) is 10.1 Å². The Morgan fingerprint density at radius 2 is 2.00 bits per heavy atom. The Hall–Kier alpha value is -2.47. The lowest BCUT2D eigenvalue weighted by Crippen LogP contribution is -1.98. The van der Waals surface area contributed by atoms with E-state index in [1.165, 1.54) is 31.2 Å². The number of nitro benzene ring substituents is 1. The van der Waals surface area contributed by atoms with Gasteiger partial charge in [0.15, 0.2) is 11.6 Å². The van der Waals surface area contributed by atoms with Crippen molar-refractivity contribution in [3.05, 3.63) is 63.5 Å². The lowest BCUT2D eigenvalue weighted by molar-refractivity contribution is -0.385. The second-order valence-electron chi connectivity index (χ2n) is 4.65. The average molecular weight is 291 g/mol. The monoisotopic (exact) mass is 291 g/mol. The smallest absolute Gasteiger partial charge is 0.311 e. The van der Waals surface area contributed by atoms with Crippen LogP contribution in [0.1, 0.15) is 24.2 Å². The van der Waals surface area contributed by atoms with Crippen molar-refractivity contribution in [2.45, 2.75) is 20.0 Å². The molecule has 0 spiro atoms. The third-order valence-corrected chi connectivity index (χ3v) is 3.04. The van der Waals surface area contributed by atoms with Crippen LogP contribution in [0, 0.1) is 22.9 Å². The highest BCUT2D eigenvalue weighted by molar-refractivity contribution is 5.51. The van der Waals surface area contributed by atoms with Crippen LogP contribution in [0.5, 0.6) is 11.5 Å². The van der Waals surface area contributed by atoms with Gasteiger partial charge in [-0.2, -0.15) is 0 Å². The Kier molecular flexibility index (Phi) is 4.18. The summed E-state index contributed by atoms with van der Waals surface area (Å²) in [5.74, 6) is -0.719. The summed E-state index contributed by atoms with van der Waals surface area (Å²) < 4.78 is 19.2. The minimum atomic E-state index is -0.839. The predicted octanol–water partition coefficient (Wildman–Crippen LogP) is 3.89. The molecular formula is C15H14FNO4. The molecule has 2 aromatic carbocycles. The number of rotatable bonds is 4. The molecule has 0 heterocycles. The largest absolute Gasteiger partial charge is 0.447 e. The topological polar surface area (TPSA) is 72.6 Å². The molecule has 2 aromatic rings. The van der Waals surface area contributed by atoms with E-state index in [1.807, 2.05) is 0 Å². The first kappa shape index (κ1) is 14.9. The molecule has 110 valence electrons. The Morgan fingerprint density at radius 1 is 1.29 bits per heavy atom. The first-order valence-electron chi connectivity index (χ1n) is 6.29.